The number of nitrogens with zero attached hydrogens (tertiary/aromatic N) is 3. The highest BCUT2D eigenvalue weighted by atomic mass is 32.2. The van der Waals surface area contributed by atoms with Gasteiger partial charge in [-0.3, -0.25) is 24.6 Å². The van der Waals surface area contributed by atoms with E-state index in [0.717, 1.165) is 30.6 Å². The molecule has 2 amide bonds. The molecule has 0 spiro atoms. The van der Waals surface area contributed by atoms with Crippen LogP contribution in [0.15, 0.2) is 64.6 Å². The van der Waals surface area contributed by atoms with Gasteiger partial charge in [-0.15, -0.1) is 0 Å². The second-order valence-electron chi connectivity index (χ2n) is 8.71. The summed E-state index contributed by atoms with van der Waals surface area (Å²) in [6.45, 7) is 0.990. The molecule has 0 radical (unpaired) electrons. The first kappa shape index (κ1) is 29.5. The van der Waals surface area contributed by atoms with Crippen LogP contribution in [0.2, 0.25) is 0 Å². The number of aromatic nitrogens is 3. The maximum absolute atomic E-state index is 13.7. The van der Waals surface area contributed by atoms with Crippen LogP contribution in [0.5, 0.6) is 0 Å². The second kappa shape index (κ2) is 11.2. The summed E-state index contributed by atoms with van der Waals surface area (Å²) in [7, 11) is -3.18. The molecule has 4 aromatic rings. The summed E-state index contributed by atoms with van der Waals surface area (Å²) in [4.78, 5) is 28.6. The fourth-order valence-electron chi connectivity index (χ4n) is 4.02. The van der Waals surface area contributed by atoms with Crippen molar-refractivity contribution in [1.82, 2.24) is 15.2 Å². The van der Waals surface area contributed by atoms with Crippen LogP contribution in [0, 0.1) is 11.6 Å². The summed E-state index contributed by atoms with van der Waals surface area (Å²) in [6.07, 6.45) is -3.24. The van der Waals surface area contributed by atoms with Gasteiger partial charge in [0.25, 0.3) is 5.91 Å². The maximum atomic E-state index is 13.7. The number of methoxy groups -OCH3 is 1. The highest BCUT2D eigenvalue weighted by molar-refractivity contribution is 7.91. The highest BCUT2D eigenvalue weighted by Crippen LogP contribution is 2.31. The lowest BCUT2D eigenvalue weighted by Gasteiger charge is -2.30. The summed E-state index contributed by atoms with van der Waals surface area (Å²) in [5.41, 5.74) is -0.592. The zero-order valence-electron chi connectivity index (χ0n) is 21.2. The van der Waals surface area contributed by atoms with Gasteiger partial charge < -0.3 is 10.1 Å². The van der Waals surface area contributed by atoms with E-state index < -0.39 is 56.1 Å². The summed E-state index contributed by atoms with van der Waals surface area (Å²) < 4.78 is 98.7. The van der Waals surface area contributed by atoms with Crippen molar-refractivity contribution in [1.29, 1.82) is 0 Å². The van der Waals surface area contributed by atoms with E-state index in [2.05, 4.69) is 20.5 Å². The number of ether oxygens (including phenoxy) is 1. The number of hydrogen-bond donors (Lipinski definition) is 2. The van der Waals surface area contributed by atoms with Gasteiger partial charge in [-0.05, 0) is 43.3 Å². The number of carbonyl (C=O) groups is 2. The summed E-state index contributed by atoms with van der Waals surface area (Å²) in [6, 6.07) is 5.28. The Hall–Kier alpha value is -4.44. The molecule has 16 heteroatoms. The van der Waals surface area contributed by atoms with Crippen LogP contribution in [-0.4, -0.2) is 61.3 Å². The Bertz CT molecular complexity index is 1720. The number of anilines is 2. The zero-order chi connectivity index (χ0) is 30.1. The molecule has 2 aromatic carbocycles. The largest absolute Gasteiger partial charge is 0.471 e. The fourth-order valence-corrected chi connectivity index (χ4v) is 5.35. The zero-order valence-corrected chi connectivity index (χ0v) is 22.0. The number of H-pyrrole nitrogens is 1. The molecule has 2 heterocycles. The molecule has 0 aliphatic rings. The Morgan fingerprint density at radius 2 is 1.76 bits per heavy atom. The van der Waals surface area contributed by atoms with E-state index in [-0.39, 0.29) is 33.8 Å². The molecular formula is C25H20F5N5O5S. The Labute approximate surface area is 229 Å². The molecule has 0 bridgehead atoms. The van der Waals surface area contributed by atoms with Gasteiger partial charge in [0.2, 0.25) is 9.84 Å². The normalized spacial score (nSPS) is 12.8. The molecule has 2 N–H and O–H groups in total. The van der Waals surface area contributed by atoms with E-state index in [9.17, 15) is 40.0 Å². The van der Waals surface area contributed by atoms with Gasteiger partial charge in [0, 0.05) is 24.8 Å². The quantitative estimate of drug-likeness (QED) is 0.290. The number of hydrogen-bond acceptors (Lipinski definition) is 7. The number of nitrogens with one attached hydrogen (secondary N) is 2. The summed E-state index contributed by atoms with van der Waals surface area (Å²) in [5, 5.41) is 8.95. The lowest BCUT2D eigenvalue weighted by molar-refractivity contribution is -0.171. The van der Waals surface area contributed by atoms with E-state index in [0.29, 0.717) is 23.1 Å². The molecule has 0 saturated heterocycles. The van der Waals surface area contributed by atoms with Crippen molar-refractivity contribution in [2.75, 3.05) is 23.9 Å². The maximum Gasteiger partial charge on any atom is 0.471 e. The van der Waals surface area contributed by atoms with Crippen molar-refractivity contribution in [2.24, 2.45) is 0 Å². The Morgan fingerprint density at radius 1 is 1.07 bits per heavy atom. The molecule has 2 aromatic heterocycles. The van der Waals surface area contributed by atoms with Crippen LogP contribution in [0.4, 0.5) is 33.5 Å². The Balaban J connectivity index is 1.73. The van der Waals surface area contributed by atoms with E-state index >= 15 is 0 Å². The number of alkyl halides is 3. The third-order valence-corrected chi connectivity index (χ3v) is 7.57. The van der Waals surface area contributed by atoms with Gasteiger partial charge in [-0.1, -0.05) is 0 Å². The number of sulfone groups is 1. The highest BCUT2D eigenvalue weighted by Gasteiger charge is 2.45. The fraction of sp³-hybridized carbons (Fsp3) is 0.200. The van der Waals surface area contributed by atoms with Crippen LogP contribution in [-0.2, 0) is 19.4 Å². The monoisotopic (exact) mass is 597 g/mol. The SMILES string of the molecule is COCC(C)N(C(=O)C(F)(F)F)c1cnccc1C(=O)Nc1n[nH]c2ccc(S(=O)(=O)c3cc(F)cc(F)c3)cc12. The van der Waals surface area contributed by atoms with Crippen molar-refractivity contribution in [2.45, 2.75) is 28.9 Å². The summed E-state index contributed by atoms with van der Waals surface area (Å²) in [5.74, 6) is -5.67. The van der Waals surface area contributed by atoms with E-state index in [1.165, 1.54) is 20.1 Å². The Morgan fingerprint density at radius 3 is 2.39 bits per heavy atom. The molecular weight excluding hydrogens is 577 g/mol. The van der Waals surface area contributed by atoms with Gasteiger partial charge in [0.15, 0.2) is 5.82 Å². The molecule has 0 aliphatic heterocycles. The van der Waals surface area contributed by atoms with Crippen molar-refractivity contribution in [3.8, 4) is 0 Å². The van der Waals surface area contributed by atoms with Crippen LogP contribution in [0.3, 0.4) is 0 Å². The molecule has 4 rings (SSSR count). The number of pyridine rings is 1. The number of fused-ring (bicyclic) bond motifs is 1. The molecule has 1 unspecified atom stereocenters. The molecule has 216 valence electrons. The number of benzene rings is 2. The van der Waals surface area contributed by atoms with Gasteiger partial charge in [0.05, 0.1) is 45.4 Å². The molecule has 1 atom stereocenters. The van der Waals surface area contributed by atoms with Crippen LogP contribution < -0.4 is 10.2 Å². The first-order valence-electron chi connectivity index (χ1n) is 11.6. The Kier molecular flexibility index (Phi) is 8.08. The molecule has 0 aliphatic carbocycles. The van der Waals surface area contributed by atoms with Gasteiger partial charge in [0.1, 0.15) is 11.6 Å². The van der Waals surface area contributed by atoms with Crippen molar-refractivity contribution < 1.29 is 44.7 Å². The first-order valence-corrected chi connectivity index (χ1v) is 13.1. The smallest absolute Gasteiger partial charge is 0.383 e. The molecule has 0 saturated carbocycles. The predicted molar refractivity (Wildman–Crippen MR) is 135 cm³/mol. The van der Waals surface area contributed by atoms with Gasteiger partial charge in [-0.25, -0.2) is 17.2 Å². The molecule has 10 nitrogen and oxygen atoms in total. The van der Waals surface area contributed by atoms with Gasteiger partial charge in [-0.2, -0.15) is 18.3 Å². The number of carbonyl (C=O) groups excluding carboxylic acids is 2. The summed E-state index contributed by atoms with van der Waals surface area (Å²) >= 11 is 0. The number of amides is 2. The standard InChI is InChI=1S/C25H20F5N5O5S/c1-13(12-40-2)35(24(37)25(28,29)30)21-11-31-6-5-18(21)23(36)32-22-19-10-16(3-4-20(19)33-34-22)41(38,39)17-8-14(26)7-15(27)9-17/h3-11,13H,12H2,1-2H3,(H2,32,33,34,36). The lowest BCUT2D eigenvalue weighted by Crippen LogP contribution is -2.48. The first-order chi connectivity index (χ1) is 19.2. The number of rotatable bonds is 8. The lowest BCUT2D eigenvalue weighted by atomic mass is 10.1. The third-order valence-electron chi connectivity index (χ3n) is 5.84. The average Bonchev–Trinajstić information content (AvgIpc) is 3.30. The van der Waals surface area contributed by atoms with Crippen molar-refractivity contribution >= 4 is 44.1 Å². The molecule has 41 heavy (non-hydrogen) atoms. The number of aromatic amines is 1. The van der Waals surface area contributed by atoms with Gasteiger partial charge >= 0.3 is 12.1 Å². The van der Waals surface area contributed by atoms with Crippen LogP contribution in [0.1, 0.15) is 17.3 Å². The van der Waals surface area contributed by atoms with Crippen molar-refractivity contribution in [3.05, 3.63) is 72.1 Å². The minimum atomic E-state index is -5.28. The van der Waals surface area contributed by atoms with Crippen LogP contribution >= 0.6 is 0 Å². The van der Waals surface area contributed by atoms with Crippen LogP contribution in [0.25, 0.3) is 10.9 Å². The number of halogens is 5. The minimum absolute atomic E-state index is 0.0582. The minimum Gasteiger partial charge on any atom is -0.383 e. The molecule has 0 fully saturated rings. The van der Waals surface area contributed by atoms with Crippen molar-refractivity contribution in [3.63, 3.8) is 0 Å². The predicted octanol–water partition coefficient (Wildman–Crippen LogP) is 4.25. The second-order valence-corrected chi connectivity index (χ2v) is 10.7. The van der Waals surface area contributed by atoms with E-state index in [1.54, 1.807) is 0 Å². The topological polar surface area (TPSA) is 134 Å². The van der Waals surface area contributed by atoms with E-state index in [4.69, 9.17) is 4.74 Å². The average molecular weight is 598 g/mol. The third kappa shape index (κ3) is 6.02. The van der Waals surface area contributed by atoms with E-state index in [1.807, 2.05) is 0 Å².